The molecule has 0 aliphatic carbocycles. The van der Waals surface area contributed by atoms with Gasteiger partial charge in [0.2, 0.25) is 10.0 Å². The van der Waals surface area contributed by atoms with Gasteiger partial charge in [-0.05, 0) is 30.7 Å². The van der Waals surface area contributed by atoms with Gasteiger partial charge in [-0.2, -0.15) is 0 Å². The molecule has 2 rings (SSSR count). The van der Waals surface area contributed by atoms with Crippen LogP contribution in [-0.2, 0) is 21.4 Å². The van der Waals surface area contributed by atoms with Crippen LogP contribution in [0.1, 0.15) is 29.8 Å². The highest BCUT2D eigenvalue weighted by atomic mass is 32.2. The van der Waals surface area contributed by atoms with Crippen LogP contribution >= 0.6 is 0 Å². The molecule has 2 aromatic rings. The summed E-state index contributed by atoms with van der Waals surface area (Å²) >= 11 is 0. The molecule has 0 saturated carbocycles. The Kier molecular flexibility index (Phi) is 5.58. The number of rotatable bonds is 6. The number of Topliss-reactive ketones (excluding diaryl/α,β-unsaturated/α-hetero) is 1. The number of carbonyl (C=O) groups is 2. The topological polar surface area (TPSA) is 80.8 Å². The van der Waals surface area contributed by atoms with Crippen LogP contribution < -0.4 is 9.04 Å². The number of esters is 1. The number of ketones is 1. The normalized spacial score (nSPS) is 11.0. The predicted octanol–water partition coefficient (Wildman–Crippen LogP) is 2.78. The van der Waals surface area contributed by atoms with E-state index in [-0.39, 0.29) is 23.8 Å². The van der Waals surface area contributed by atoms with Crippen molar-refractivity contribution in [3.05, 3.63) is 59.7 Å². The van der Waals surface area contributed by atoms with Crippen LogP contribution in [0.4, 0.5) is 5.69 Å². The molecule has 0 atom stereocenters. The van der Waals surface area contributed by atoms with E-state index in [4.69, 9.17) is 4.74 Å². The maximum Gasteiger partial charge on any atom is 0.308 e. The first kappa shape index (κ1) is 18.7. The van der Waals surface area contributed by atoms with E-state index in [1.165, 1.54) is 32.0 Å². The maximum absolute atomic E-state index is 12.4. The van der Waals surface area contributed by atoms with Crippen LogP contribution in [0.3, 0.4) is 0 Å². The first-order chi connectivity index (χ1) is 11.7. The molecule has 25 heavy (non-hydrogen) atoms. The summed E-state index contributed by atoms with van der Waals surface area (Å²) in [6.45, 7) is 2.66. The zero-order chi connectivity index (χ0) is 18.6. The minimum absolute atomic E-state index is 0.0509. The van der Waals surface area contributed by atoms with Gasteiger partial charge in [0.05, 0.1) is 18.5 Å². The van der Waals surface area contributed by atoms with E-state index < -0.39 is 16.0 Å². The molecule has 7 heteroatoms. The van der Waals surface area contributed by atoms with Gasteiger partial charge in [-0.1, -0.05) is 30.3 Å². The molecule has 0 saturated heterocycles. The molecule has 0 heterocycles. The smallest absolute Gasteiger partial charge is 0.308 e. The first-order valence-electron chi connectivity index (χ1n) is 7.53. The summed E-state index contributed by atoms with van der Waals surface area (Å²) in [6, 6.07) is 13.4. The molecule has 0 spiro atoms. The number of anilines is 1. The van der Waals surface area contributed by atoms with E-state index in [0.29, 0.717) is 5.56 Å². The van der Waals surface area contributed by atoms with Crippen LogP contribution in [0, 0.1) is 0 Å². The molecule has 0 unspecified atom stereocenters. The number of carbonyl (C=O) groups excluding carboxylic acids is 2. The van der Waals surface area contributed by atoms with Gasteiger partial charge in [0.25, 0.3) is 0 Å². The quantitative estimate of drug-likeness (QED) is 0.449. The molecule has 132 valence electrons. The van der Waals surface area contributed by atoms with Crippen molar-refractivity contribution < 1.29 is 22.7 Å². The highest BCUT2D eigenvalue weighted by Gasteiger charge is 2.23. The SMILES string of the molecule is CC(=O)Oc1ccc(C(C)=O)cc1N(Cc1ccccc1)S(C)(=O)=O. The molecular formula is C18H19NO5S. The Labute approximate surface area is 147 Å². The summed E-state index contributed by atoms with van der Waals surface area (Å²) in [5, 5.41) is 0. The Balaban J connectivity index is 2.59. The average Bonchev–Trinajstić information content (AvgIpc) is 2.52. The zero-order valence-corrected chi connectivity index (χ0v) is 15.0. The van der Waals surface area contributed by atoms with E-state index in [2.05, 4.69) is 0 Å². The molecule has 0 aliphatic rings. The Morgan fingerprint density at radius 1 is 1.04 bits per heavy atom. The van der Waals surface area contributed by atoms with Crippen LogP contribution in [0.2, 0.25) is 0 Å². The van der Waals surface area contributed by atoms with Crippen molar-refractivity contribution in [3.8, 4) is 5.75 Å². The summed E-state index contributed by atoms with van der Waals surface area (Å²) in [5.74, 6) is -0.715. The van der Waals surface area contributed by atoms with Gasteiger partial charge in [0.1, 0.15) is 0 Å². The molecule has 0 amide bonds. The van der Waals surface area contributed by atoms with Gasteiger partial charge in [0, 0.05) is 12.5 Å². The van der Waals surface area contributed by atoms with Crippen molar-refractivity contribution in [2.24, 2.45) is 0 Å². The minimum Gasteiger partial charge on any atom is -0.424 e. The van der Waals surface area contributed by atoms with E-state index in [9.17, 15) is 18.0 Å². The third-order valence-corrected chi connectivity index (χ3v) is 4.58. The van der Waals surface area contributed by atoms with Crippen molar-refractivity contribution in [2.45, 2.75) is 20.4 Å². The van der Waals surface area contributed by atoms with E-state index in [1.807, 2.05) is 6.07 Å². The molecule has 0 aliphatic heterocycles. The summed E-state index contributed by atoms with van der Waals surface area (Å²) in [7, 11) is -3.69. The molecule has 0 N–H and O–H groups in total. The van der Waals surface area contributed by atoms with Gasteiger partial charge >= 0.3 is 5.97 Å². The maximum atomic E-state index is 12.4. The Morgan fingerprint density at radius 2 is 1.68 bits per heavy atom. The fraction of sp³-hybridized carbons (Fsp3) is 0.222. The van der Waals surface area contributed by atoms with Gasteiger partial charge in [-0.15, -0.1) is 0 Å². The first-order valence-corrected chi connectivity index (χ1v) is 9.38. The van der Waals surface area contributed by atoms with Crippen LogP contribution in [-0.4, -0.2) is 26.4 Å². The lowest BCUT2D eigenvalue weighted by atomic mass is 10.1. The number of hydrogen-bond acceptors (Lipinski definition) is 5. The second-order valence-electron chi connectivity index (χ2n) is 5.59. The molecule has 0 bridgehead atoms. The number of hydrogen-bond donors (Lipinski definition) is 0. The summed E-state index contributed by atoms with van der Waals surface area (Å²) in [6.07, 6.45) is 1.06. The van der Waals surface area contributed by atoms with Gasteiger partial charge < -0.3 is 4.74 Å². The van der Waals surface area contributed by atoms with Gasteiger partial charge in [-0.25, -0.2) is 8.42 Å². The lowest BCUT2D eigenvalue weighted by Gasteiger charge is -2.25. The minimum atomic E-state index is -3.69. The van der Waals surface area contributed by atoms with Crippen molar-refractivity contribution in [2.75, 3.05) is 10.6 Å². The summed E-state index contributed by atoms with van der Waals surface area (Å²) < 4.78 is 31.0. The third kappa shape index (κ3) is 4.90. The highest BCUT2D eigenvalue weighted by molar-refractivity contribution is 7.92. The van der Waals surface area contributed by atoms with Crippen molar-refractivity contribution in [3.63, 3.8) is 0 Å². The summed E-state index contributed by atoms with van der Waals surface area (Å²) in [4.78, 5) is 23.0. The van der Waals surface area contributed by atoms with E-state index >= 15 is 0 Å². The van der Waals surface area contributed by atoms with Crippen LogP contribution in [0.25, 0.3) is 0 Å². The lowest BCUT2D eigenvalue weighted by molar-refractivity contribution is -0.131. The molecule has 6 nitrogen and oxygen atoms in total. The zero-order valence-electron chi connectivity index (χ0n) is 14.2. The Bertz CT molecular complexity index is 891. The largest absolute Gasteiger partial charge is 0.424 e. The standard InChI is InChI=1S/C18H19NO5S/c1-13(20)16-9-10-18(24-14(2)21)17(11-16)19(25(3,22)23)12-15-7-5-4-6-8-15/h4-11H,12H2,1-3H3. The lowest BCUT2D eigenvalue weighted by Crippen LogP contribution is -2.30. The van der Waals surface area contributed by atoms with Gasteiger partial charge in [-0.3, -0.25) is 13.9 Å². The molecule has 0 aromatic heterocycles. The fourth-order valence-electron chi connectivity index (χ4n) is 2.30. The number of nitrogens with zero attached hydrogens (tertiary/aromatic N) is 1. The van der Waals surface area contributed by atoms with Crippen molar-refractivity contribution >= 4 is 27.5 Å². The number of benzene rings is 2. The monoisotopic (exact) mass is 361 g/mol. The Morgan fingerprint density at radius 3 is 2.20 bits per heavy atom. The average molecular weight is 361 g/mol. The van der Waals surface area contributed by atoms with Gasteiger partial charge in [0.15, 0.2) is 11.5 Å². The Hall–Kier alpha value is -2.67. The molecule has 2 aromatic carbocycles. The molecule has 0 radical (unpaired) electrons. The fourth-order valence-corrected chi connectivity index (χ4v) is 3.19. The molecule has 0 fully saturated rings. The number of ether oxygens (including phenoxy) is 1. The van der Waals surface area contributed by atoms with Crippen LogP contribution in [0.5, 0.6) is 5.75 Å². The van der Waals surface area contributed by atoms with E-state index in [1.54, 1.807) is 24.3 Å². The second kappa shape index (κ2) is 7.48. The molecular weight excluding hydrogens is 342 g/mol. The highest BCUT2D eigenvalue weighted by Crippen LogP contribution is 2.33. The predicted molar refractivity (Wildman–Crippen MR) is 95.2 cm³/mol. The third-order valence-electron chi connectivity index (χ3n) is 3.46. The second-order valence-corrected chi connectivity index (χ2v) is 7.49. The van der Waals surface area contributed by atoms with E-state index in [0.717, 1.165) is 16.1 Å². The number of sulfonamides is 1. The van der Waals surface area contributed by atoms with Crippen molar-refractivity contribution in [1.82, 2.24) is 0 Å². The summed E-state index contributed by atoms with van der Waals surface area (Å²) in [5.41, 5.74) is 1.23. The van der Waals surface area contributed by atoms with Crippen molar-refractivity contribution in [1.29, 1.82) is 0 Å². The van der Waals surface area contributed by atoms with Crippen LogP contribution in [0.15, 0.2) is 48.5 Å².